The van der Waals surface area contributed by atoms with E-state index in [1.807, 2.05) is 6.92 Å². The lowest BCUT2D eigenvalue weighted by atomic mass is 10.1. The molecule has 0 aromatic heterocycles. The third-order valence-electron chi connectivity index (χ3n) is 2.96. The van der Waals surface area contributed by atoms with Crippen LogP contribution in [0.1, 0.15) is 38.0 Å². The molecule has 0 aliphatic carbocycles. The van der Waals surface area contributed by atoms with Gasteiger partial charge in [-0.15, -0.1) is 0 Å². The van der Waals surface area contributed by atoms with E-state index < -0.39 is 0 Å². The number of ether oxygens (including phenoxy) is 2. The van der Waals surface area contributed by atoms with Crippen LogP contribution in [0.4, 0.5) is 0 Å². The van der Waals surface area contributed by atoms with Crippen LogP contribution >= 0.6 is 0 Å². The van der Waals surface area contributed by atoms with Crippen LogP contribution in [0.15, 0.2) is 24.3 Å². The van der Waals surface area contributed by atoms with E-state index in [9.17, 15) is 0 Å². The van der Waals surface area contributed by atoms with Gasteiger partial charge < -0.3 is 14.8 Å². The molecule has 0 aliphatic heterocycles. The second kappa shape index (κ2) is 8.31. The fourth-order valence-corrected chi connectivity index (χ4v) is 1.92. The molecule has 0 saturated carbocycles. The SMILES string of the molecule is COCC(C)OC(CNC(C)C)c1ccc(C)cc1. The lowest BCUT2D eigenvalue weighted by Gasteiger charge is -2.24. The van der Waals surface area contributed by atoms with Crippen molar-refractivity contribution in [2.75, 3.05) is 20.3 Å². The van der Waals surface area contributed by atoms with E-state index in [0.717, 1.165) is 6.54 Å². The van der Waals surface area contributed by atoms with Crippen LogP contribution in [-0.2, 0) is 9.47 Å². The van der Waals surface area contributed by atoms with Gasteiger partial charge in [0.15, 0.2) is 0 Å². The van der Waals surface area contributed by atoms with Crippen LogP contribution in [0.2, 0.25) is 0 Å². The summed E-state index contributed by atoms with van der Waals surface area (Å²) in [6, 6.07) is 8.99. The maximum absolute atomic E-state index is 6.08. The van der Waals surface area contributed by atoms with Crippen LogP contribution < -0.4 is 5.32 Å². The molecule has 0 saturated heterocycles. The normalized spacial score (nSPS) is 14.6. The standard InChI is InChI=1S/C16H27NO2/c1-12(2)17-10-16(19-14(4)11-18-5)15-8-6-13(3)7-9-15/h6-9,12,14,16-17H,10-11H2,1-5H3. The highest BCUT2D eigenvalue weighted by molar-refractivity contribution is 5.23. The van der Waals surface area contributed by atoms with E-state index in [1.54, 1.807) is 7.11 Å². The Morgan fingerprint density at radius 2 is 1.74 bits per heavy atom. The number of hydrogen-bond donors (Lipinski definition) is 1. The number of aryl methyl sites for hydroxylation is 1. The van der Waals surface area contributed by atoms with Crippen LogP contribution in [0, 0.1) is 6.92 Å². The first-order valence-electron chi connectivity index (χ1n) is 6.97. The van der Waals surface area contributed by atoms with E-state index in [-0.39, 0.29) is 12.2 Å². The van der Waals surface area contributed by atoms with E-state index in [1.165, 1.54) is 11.1 Å². The second-order valence-corrected chi connectivity index (χ2v) is 5.36. The maximum Gasteiger partial charge on any atom is 0.0954 e. The molecule has 0 bridgehead atoms. The van der Waals surface area contributed by atoms with Gasteiger partial charge in [0.1, 0.15) is 0 Å². The third kappa shape index (κ3) is 6.19. The fraction of sp³-hybridized carbons (Fsp3) is 0.625. The summed E-state index contributed by atoms with van der Waals surface area (Å²) in [4.78, 5) is 0. The zero-order chi connectivity index (χ0) is 14.3. The van der Waals surface area contributed by atoms with Crippen LogP contribution in [0.5, 0.6) is 0 Å². The van der Waals surface area contributed by atoms with Crippen molar-refractivity contribution in [2.45, 2.75) is 45.9 Å². The number of methoxy groups -OCH3 is 1. The Hall–Kier alpha value is -0.900. The molecule has 1 aromatic carbocycles. The smallest absolute Gasteiger partial charge is 0.0954 e. The molecular formula is C16H27NO2. The number of nitrogens with one attached hydrogen (secondary N) is 1. The van der Waals surface area contributed by atoms with Crippen molar-refractivity contribution >= 4 is 0 Å². The van der Waals surface area contributed by atoms with Crippen molar-refractivity contribution < 1.29 is 9.47 Å². The molecule has 0 radical (unpaired) electrons. The first kappa shape index (κ1) is 16.2. The summed E-state index contributed by atoms with van der Waals surface area (Å²) in [6.07, 6.45) is 0.151. The Bertz CT molecular complexity index is 348. The lowest BCUT2D eigenvalue weighted by Crippen LogP contribution is -2.31. The highest BCUT2D eigenvalue weighted by Crippen LogP contribution is 2.19. The predicted molar refractivity (Wildman–Crippen MR) is 79.5 cm³/mol. The summed E-state index contributed by atoms with van der Waals surface area (Å²) in [6.45, 7) is 9.86. The molecule has 3 nitrogen and oxygen atoms in total. The number of rotatable bonds is 8. The molecule has 19 heavy (non-hydrogen) atoms. The molecule has 1 aromatic rings. The Morgan fingerprint density at radius 3 is 2.26 bits per heavy atom. The monoisotopic (exact) mass is 265 g/mol. The van der Waals surface area contributed by atoms with E-state index in [4.69, 9.17) is 9.47 Å². The Kier molecular flexibility index (Phi) is 7.06. The maximum atomic E-state index is 6.08. The first-order chi connectivity index (χ1) is 9.02. The van der Waals surface area contributed by atoms with Gasteiger partial charge in [-0.2, -0.15) is 0 Å². The van der Waals surface area contributed by atoms with Gasteiger partial charge in [0.05, 0.1) is 18.8 Å². The quantitative estimate of drug-likeness (QED) is 0.783. The largest absolute Gasteiger partial charge is 0.382 e. The summed E-state index contributed by atoms with van der Waals surface area (Å²) < 4.78 is 11.2. The average Bonchev–Trinajstić information content (AvgIpc) is 2.35. The summed E-state index contributed by atoms with van der Waals surface area (Å²) >= 11 is 0. The lowest BCUT2D eigenvalue weighted by molar-refractivity contribution is -0.0399. The van der Waals surface area contributed by atoms with Crippen LogP contribution in [0.25, 0.3) is 0 Å². The molecule has 108 valence electrons. The zero-order valence-electron chi connectivity index (χ0n) is 12.8. The molecule has 0 fully saturated rings. The van der Waals surface area contributed by atoms with Gasteiger partial charge in [-0.1, -0.05) is 43.7 Å². The van der Waals surface area contributed by atoms with Gasteiger partial charge >= 0.3 is 0 Å². The van der Waals surface area contributed by atoms with E-state index in [2.05, 4.69) is 50.4 Å². The van der Waals surface area contributed by atoms with Crippen molar-refractivity contribution in [3.05, 3.63) is 35.4 Å². The van der Waals surface area contributed by atoms with Crippen LogP contribution in [-0.4, -0.2) is 32.4 Å². The zero-order valence-corrected chi connectivity index (χ0v) is 12.8. The highest BCUT2D eigenvalue weighted by atomic mass is 16.5. The summed E-state index contributed by atoms with van der Waals surface area (Å²) in [5.74, 6) is 0. The number of hydrogen-bond acceptors (Lipinski definition) is 3. The minimum absolute atomic E-state index is 0.0631. The van der Waals surface area contributed by atoms with Crippen molar-refractivity contribution in [2.24, 2.45) is 0 Å². The molecule has 0 spiro atoms. The molecule has 1 N–H and O–H groups in total. The molecule has 1 rings (SSSR count). The molecule has 2 unspecified atom stereocenters. The Morgan fingerprint density at radius 1 is 1.11 bits per heavy atom. The Balaban J connectivity index is 2.70. The van der Waals surface area contributed by atoms with Crippen molar-refractivity contribution in [1.82, 2.24) is 5.32 Å². The molecule has 0 aliphatic rings. The van der Waals surface area contributed by atoms with E-state index in [0.29, 0.717) is 12.6 Å². The topological polar surface area (TPSA) is 30.5 Å². The van der Waals surface area contributed by atoms with Gasteiger partial charge in [0, 0.05) is 19.7 Å². The van der Waals surface area contributed by atoms with Gasteiger partial charge in [-0.25, -0.2) is 0 Å². The molecule has 0 amide bonds. The Labute approximate surface area is 117 Å². The van der Waals surface area contributed by atoms with Crippen molar-refractivity contribution in [1.29, 1.82) is 0 Å². The minimum Gasteiger partial charge on any atom is -0.382 e. The molecular weight excluding hydrogens is 238 g/mol. The second-order valence-electron chi connectivity index (χ2n) is 5.36. The molecule has 2 atom stereocenters. The van der Waals surface area contributed by atoms with Gasteiger partial charge in [0.25, 0.3) is 0 Å². The van der Waals surface area contributed by atoms with Gasteiger partial charge in [0.2, 0.25) is 0 Å². The van der Waals surface area contributed by atoms with Crippen LogP contribution in [0.3, 0.4) is 0 Å². The van der Waals surface area contributed by atoms with Gasteiger partial charge in [-0.05, 0) is 19.4 Å². The van der Waals surface area contributed by atoms with Gasteiger partial charge in [-0.3, -0.25) is 0 Å². The summed E-state index contributed by atoms with van der Waals surface area (Å²) in [5.41, 5.74) is 2.48. The number of benzene rings is 1. The highest BCUT2D eigenvalue weighted by Gasteiger charge is 2.16. The van der Waals surface area contributed by atoms with Crippen molar-refractivity contribution in [3.63, 3.8) is 0 Å². The summed E-state index contributed by atoms with van der Waals surface area (Å²) in [5, 5.41) is 3.44. The fourth-order valence-electron chi connectivity index (χ4n) is 1.92. The van der Waals surface area contributed by atoms with Crippen molar-refractivity contribution in [3.8, 4) is 0 Å². The first-order valence-corrected chi connectivity index (χ1v) is 6.97. The minimum atomic E-state index is 0.0631. The molecule has 3 heteroatoms. The third-order valence-corrected chi connectivity index (χ3v) is 2.96. The summed E-state index contributed by atoms with van der Waals surface area (Å²) in [7, 11) is 1.70. The average molecular weight is 265 g/mol. The van der Waals surface area contributed by atoms with E-state index >= 15 is 0 Å². The molecule has 0 heterocycles. The predicted octanol–water partition coefficient (Wildman–Crippen LogP) is 3.09.